The third-order valence-electron chi connectivity index (χ3n) is 5.47. The number of halogens is 1. The van der Waals surface area contributed by atoms with Crippen LogP contribution in [0.4, 0.5) is 4.39 Å². The van der Waals surface area contributed by atoms with Crippen molar-refractivity contribution in [2.75, 3.05) is 32.8 Å². The van der Waals surface area contributed by atoms with Gasteiger partial charge in [0, 0.05) is 32.5 Å². The van der Waals surface area contributed by atoms with Crippen molar-refractivity contribution >= 4 is 5.91 Å². The fraction of sp³-hybridized carbons (Fsp3) is 0.375. The van der Waals surface area contributed by atoms with E-state index >= 15 is 0 Å². The highest BCUT2D eigenvalue weighted by atomic mass is 19.1. The molecule has 2 aromatic heterocycles. The number of aryl methyl sites for hydroxylation is 2. The number of ether oxygens (including phenoxy) is 1. The molecule has 0 bridgehead atoms. The van der Waals surface area contributed by atoms with Gasteiger partial charge in [-0.15, -0.1) is 0 Å². The number of amides is 1. The van der Waals surface area contributed by atoms with E-state index in [9.17, 15) is 9.18 Å². The lowest BCUT2D eigenvalue weighted by molar-refractivity contribution is -0.121. The number of hydrogen-bond acceptors (Lipinski definition) is 5. The fourth-order valence-electron chi connectivity index (χ4n) is 3.78. The summed E-state index contributed by atoms with van der Waals surface area (Å²) in [6.45, 7) is 5.32. The number of furan rings is 2. The highest BCUT2D eigenvalue weighted by Crippen LogP contribution is 2.26. The molecule has 3 aromatic rings. The molecule has 6 nitrogen and oxygen atoms in total. The molecule has 1 aromatic carbocycles. The van der Waals surface area contributed by atoms with Gasteiger partial charge in [0.15, 0.2) is 0 Å². The van der Waals surface area contributed by atoms with E-state index in [2.05, 4.69) is 10.2 Å². The van der Waals surface area contributed by atoms with Gasteiger partial charge in [0.2, 0.25) is 5.91 Å². The van der Waals surface area contributed by atoms with E-state index in [1.807, 2.05) is 19.1 Å². The second kappa shape index (κ2) is 9.94. The van der Waals surface area contributed by atoms with E-state index in [1.165, 1.54) is 6.07 Å². The summed E-state index contributed by atoms with van der Waals surface area (Å²) in [4.78, 5) is 14.8. The summed E-state index contributed by atoms with van der Waals surface area (Å²) < 4.78 is 31.0. The van der Waals surface area contributed by atoms with E-state index in [-0.39, 0.29) is 24.2 Å². The maximum atomic E-state index is 13.9. The number of benzene rings is 1. The molecule has 1 amide bonds. The van der Waals surface area contributed by atoms with Gasteiger partial charge in [0.25, 0.3) is 0 Å². The van der Waals surface area contributed by atoms with Crippen molar-refractivity contribution in [1.82, 2.24) is 10.2 Å². The number of nitrogens with one attached hydrogen (secondary N) is 1. The molecule has 4 rings (SSSR count). The van der Waals surface area contributed by atoms with Crippen LogP contribution in [0.5, 0.6) is 0 Å². The zero-order chi connectivity index (χ0) is 21.6. The van der Waals surface area contributed by atoms with Gasteiger partial charge < -0.3 is 18.9 Å². The molecule has 7 heteroatoms. The molecule has 1 saturated heterocycles. The van der Waals surface area contributed by atoms with Crippen LogP contribution >= 0.6 is 0 Å². The van der Waals surface area contributed by atoms with Gasteiger partial charge in [0.05, 0.1) is 24.8 Å². The summed E-state index contributed by atoms with van der Waals surface area (Å²) in [5, 5.41) is 3.02. The smallest absolute Gasteiger partial charge is 0.220 e. The second-order valence-corrected chi connectivity index (χ2v) is 7.66. The first-order chi connectivity index (χ1) is 15.1. The number of morpholine rings is 1. The first-order valence-corrected chi connectivity index (χ1v) is 10.6. The predicted molar refractivity (Wildman–Crippen MR) is 114 cm³/mol. The van der Waals surface area contributed by atoms with Crippen molar-refractivity contribution in [2.24, 2.45) is 0 Å². The SMILES string of the molecule is Cc1ccc(C(CNC(=O)CCc2ccc(-c3ccccc3F)o2)N2CCOCC2)o1. The molecule has 31 heavy (non-hydrogen) atoms. The van der Waals surface area contributed by atoms with Gasteiger partial charge in [-0.05, 0) is 43.3 Å². The summed E-state index contributed by atoms with van der Waals surface area (Å²) in [5.74, 6) is 2.42. The maximum absolute atomic E-state index is 13.9. The van der Waals surface area contributed by atoms with E-state index < -0.39 is 0 Å². The molecular formula is C24H27FN2O4. The highest BCUT2D eigenvalue weighted by Gasteiger charge is 2.25. The van der Waals surface area contributed by atoms with Crippen LogP contribution in [0, 0.1) is 12.7 Å². The highest BCUT2D eigenvalue weighted by molar-refractivity contribution is 5.76. The molecule has 1 N–H and O–H groups in total. The Morgan fingerprint density at radius 1 is 1.10 bits per heavy atom. The Morgan fingerprint density at radius 2 is 1.90 bits per heavy atom. The lowest BCUT2D eigenvalue weighted by Gasteiger charge is -2.33. The molecular weight excluding hydrogens is 399 g/mol. The standard InChI is InChI=1S/C24H27FN2O4/c1-17-6-9-23(30-17)21(27-12-14-29-15-13-27)16-26-24(28)11-8-18-7-10-22(31-18)19-4-2-3-5-20(19)25/h2-7,9-10,21H,8,11-16H2,1H3,(H,26,28). The van der Waals surface area contributed by atoms with Crippen LogP contribution in [0.15, 0.2) is 57.4 Å². The van der Waals surface area contributed by atoms with E-state index in [1.54, 1.807) is 30.3 Å². The first kappa shape index (κ1) is 21.3. The minimum atomic E-state index is -0.330. The van der Waals surface area contributed by atoms with Crippen LogP contribution in [0.1, 0.15) is 29.7 Å². The number of hydrogen-bond donors (Lipinski definition) is 1. The molecule has 0 aliphatic carbocycles. The van der Waals surface area contributed by atoms with Crippen molar-refractivity contribution in [3.63, 3.8) is 0 Å². The summed E-state index contributed by atoms with van der Waals surface area (Å²) >= 11 is 0. The monoisotopic (exact) mass is 426 g/mol. The lowest BCUT2D eigenvalue weighted by atomic mass is 10.1. The Kier molecular flexibility index (Phi) is 6.84. The van der Waals surface area contributed by atoms with Crippen LogP contribution in [-0.2, 0) is 16.0 Å². The average molecular weight is 426 g/mol. The molecule has 1 aliphatic heterocycles. The van der Waals surface area contributed by atoms with Gasteiger partial charge in [-0.3, -0.25) is 9.69 Å². The quantitative estimate of drug-likeness (QED) is 0.587. The maximum Gasteiger partial charge on any atom is 0.220 e. The Hall–Kier alpha value is -2.90. The molecule has 0 radical (unpaired) electrons. The largest absolute Gasteiger partial charge is 0.465 e. The van der Waals surface area contributed by atoms with Gasteiger partial charge in [0.1, 0.15) is 28.9 Å². The Labute approximate surface area is 181 Å². The zero-order valence-corrected chi connectivity index (χ0v) is 17.6. The van der Waals surface area contributed by atoms with E-state index in [0.717, 1.165) is 24.6 Å². The minimum absolute atomic E-state index is 0.0298. The Bertz CT molecular complexity index is 1010. The van der Waals surface area contributed by atoms with Crippen LogP contribution in [0.25, 0.3) is 11.3 Å². The average Bonchev–Trinajstić information content (AvgIpc) is 3.43. The molecule has 1 atom stereocenters. The van der Waals surface area contributed by atoms with Gasteiger partial charge in [-0.1, -0.05) is 12.1 Å². The van der Waals surface area contributed by atoms with E-state index in [4.69, 9.17) is 13.6 Å². The van der Waals surface area contributed by atoms with Crippen molar-refractivity contribution in [3.8, 4) is 11.3 Å². The van der Waals surface area contributed by atoms with Crippen LogP contribution < -0.4 is 5.32 Å². The second-order valence-electron chi connectivity index (χ2n) is 7.66. The van der Waals surface area contributed by atoms with Crippen molar-refractivity contribution in [1.29, 1.82) is 0 Å². The number of carbonyl (C=O) groups is 1. The van der Waals surface area contributed by atoms with Crippen LogP contribution in [0.2, 0.25) is 0 Å². The Morgan fingerprint density at radius 3 is 2.65 bits per heavy atom. The minimum Gasteiger partial charge on any atom is -0.465 e. The number of rotatable bonds is 8. The van der Waals surface area contributed by atoms with Crippen molar-refractivity contribution in [2.45, 2.75) is 25.8 Å². The van der Waals surface area contributed by atoms with Crippen LogP contribution in [-0.4, -0.2) is 43.7 Å². The molecule has 0 spiro atoms. The molecule has 1 fully saturated rings. The van der Waals surface area contributed by atoms with Gasteiger partial charge in [-0.2, -0.15) is 0 Å². The summed E-state index contributed by atoms with van der Waals surface area (Å²) in [5.41, 5.74) is 0.417. The summed E-state index contributed by atoms with van der Waals surface area (Å²) in [6.07, 6.45) is 0.736. The van der Waals surface area contributed by atoms with Crippen molar-refractivity contribution < 1.29 is 22.8 Å². The fourth-order valence-corrected chi connectivity index (χ4v) is 3.78. The molecule has 3 heterocycles. The topological polar surface area (TPSA) is 67.9 Å². The zero-order valence-electron chi connectivity index (χ0n) is 17.6. The summed E-state index contributed by atoms with van der Waals surface area (Å²) in [7, 11) is 0. The molecule has 1 aliphatic rings. The van der Waals surface area contributed by atoms with E-state index in [0.29, 0.717) is 43.3 Å². The van der Waals surface area contributed by atoms with Crippen molar-refractivity contribution in [3.05, 3.63) is 71.6 Å². The molecule has 0 saturated carbocycles. The number of nitrogens with zero attached hydrogens (tertiary/aromatic N) is 1. The lowest BCUT2D eigenvalue weighted by Crippen LogP contribution is -2.43. The summed E-state index contributed by atoms with van der Waals surface area (Å²) in [6, 6.07) is 13.9. The third kappa shape index (κ3) is 5.42. The molecule has 1 unspecified atom stereocenters. The van der Waals surface area contributed by atoms with Gasteiger partial charge >= 0.3 is 0 Å². The molecule has 164 valence electrons. The van der Waals surface area contributed by atoms with Crippen LogP contribution in [0.3, 0.4) is 0 Å². The third-order valence-corrected chi connectivity index (χ3v) is 5.47. The first-order valence-electron chi connectivity index (χ1n) is 10.6. The van der Waals surface area contributed by atoms with Gasteiger partial charge in [-0.25, -0.2) is 4.39 Å². The number of carbonyl (C=O) groups excluding carboxylic acids is 1. The predicted octanol–water partition coefficient (Wildman–Crippen LogP) is 4.11. The Balaban J connectivity index is 1.32. The normalized spacial score (nSPS) is 15.7.